The fraction of sp³-hybridized carbons (Fsp3) is 1.00. The number of likely N-dealkylation sites (tertiary alicyclic amines) is 1. The quantitative estimate of drug-likeness (QED) is 0.719. The first-order chi connectivity index (χ1) is 10.0. The summed E-state index contributed by atoms with van der Waals surface area (Å²) in [6.45, 7) is 17.9. The zero-order chi connectivity index (χ0) is 17.0. The van der Waals surface area contributed by atoms with Crippen LogP contribution >= 0.6 is 0 Å². The predicted molar refractivity (Wildman–Crippen MR) is 93.9 cm³/mol. The number of nitrogens with zero attached hydrogens (tertiary/aromatic N) is 1. The van der Waals surface area contributed by atoms with Gasteiger partial charge in [0.1, 0.15) is 0 Å². The third-order valence-electron chi connectivity index (χ3n) is 5.27. The molecule has 22 heavy (non-hydrogen) atoms. The Balaban J connectivity index is 2.50. The number of ether oxygens (including phenoxy) is 1. The molecular formula is C19H39NO2. The summed E-state index contributed by atoms with van der Waals surface area (Å²) in [7, 11) is 0. The second-order valence-corrected chi connectivity index (χ2v) is 9.37. The van der Waals surface area contributed by atoms with Crippen molar-refractivity contribution in [3.05, 3.63) is 0 Å². The summed E-state index contributed by atoms with van der Waals surface area (Å²) >= 11 is 0. The van der Waals surface area contributed by atoms with Crippen molar-refractivity contribution in [1.82, 2.24) is 4.90 Å². The molecule has 0 aliphatic carbocycles. The van der Waals surface area contributed by atoms with E-state index in [1.165, 1.54) is 19.3 Å². The maximum absolute atomic E-state index is 9.06. The van der Waals surface area contributed by atoms with Gasteiger partial charge in [-0.05, 0) is 71.1 Å². The average Bonchev–Trinajstić information content (AvgIpc) is 2.31. The number of rotatable bonds is 8. The molecule has 0 bridgehead atoms. The van der Waals surface area contributed by atoms with Gasteiger partial charge >= 0.3 is 0 Å². The van der Waals surface area contributed by atoms with E-state index in [-0.39, 0.29) is 23.1 Å². The Morgan fingerprint density at radius 2 is 1.68 bits per heavy atom. The zero-order valence-corrected chi connectivity index (χ0v) is 16.0. The van der Waals surface area contributed by atoms with E-state index in [2.05, 4.69) is 53.4 Å². The van der Waals surface area contributed by atoms with Crippen LogP contribution in [0.1, 0.15) is 80.6 Å². The molecule has 0 amide bonds. The van der Waals surface area contributed by atoms with Crippen LogP contribution in [0.2, 0.25) is 0 Å². The summed E-state index contributed by atoms with van der Waals surface area (Å²) in [5.74, 6) is 0.548. The van der Waals surface area contributed by atoms with Gasteiger partial charge in [-0.3, -0.25) is 4.90 Å². The van der Waals surface area contributed by atoms with E-state index in [1.807, 2.05) is 0 Å². The van der Waals surface area contributed by atoms with Crippen LogP contribution in [-0.2, 0) is 4.74 Å². The molecule has 0 saturated carbocycles. The molecule has 0 aromatic heterocycles. The molecule has 1 rings (SSSR count). The first-order valence-electron chi connectivity index (χ1n) is 8.97. The number of piperidine rings is 1. The van der Waals surface area contributed by atoms with Gasteiger partial charge in [-0.15, -0.1) is 0 Å². The minimum atomic E-state index is 0.165. The van der Waals surface area contributed by atoms with Gasteiger partial charge in [0.2, 0.25) is 0 Å². The fourth-order valence-corrected chi connectivity index (χ4v) is 4.13. The van der Waals surface area contributed by atoms with E-state index in [0.717, 1.165) is 26.2 Å². The first kappa shape index (κ1) is 19.9. The largest absolute Gasteiger partial charge is 0.396 e. The normalized spacial score (nSPS) is 23.5. The molecule has 1 aliphatic rings. The van der Waals surface area contributed by atoms with E-state index in [0.29, 0.717) is 5.92 Å². The van der Waals surface area contributed by atoms with Crippen LogP contribution in [0.4, 0.5) is 0 Å². The van der Waals surface area contributed by atoms with Crippen LogP contribution < -0.4 is 0 Å². The van der Waals surface area contributed by atoms with E-state index in [1.54, 1.807) is 0 Å². The van der Waals surface area contributed by atoms with Gasteiger partial charge in [-0.2, -0.15) is 0 Å². The van der Waals surface area contributed by atoms with Gasteiger partial charge in [-0.25, -0.2) is 0 Å². The van der Waals surface area contributed by atoms with Crippen molar-refractivity contribution < 1.29 is 9.84 Å². The molecule has 1 atom stereocenters. The van der Waals surface area contributed by atoms with Crippen molar-refractivity contribution in [2.24, 2.45) is 11.3 Å². The molecule has 132 valence electrons. The highest BCUT2D eigenvalue weighted by atomic mass is 16.5. The molecule has 1 fully saturated rings. The highest BCUT2D eigenvalue weighted by Crippen LogP contribution is 2.38. The molecule has 3 nitrogen and oxygen atoms in total. The summed E-state index contributed by atoms with van der Waals surface area (Å²) in [5, 5.41) is 9.06. The van der Waals surface area contributed by atoms with Crippen LogP contribution in [0.25, 0.3) is 0 Å². The number of hydrogen-bond donors (Lipinski definition) is 1. The van der Waals surface area contributed by atoms with E-state index >= 15 is 0 Å². The molecule has 0 spiro atoms. The third kappa shape index (κ3) is 5.82. The summed E-state index contributed by atoms with van der Waals surface area (Å²) in [6.07, 6.45) is 5.78. The highest BCUT2D eigenvalue weighted by Gasteiger charge is 2.41. The van der Waals surface area contributed by atoms with E-state index in [4.69, 9.17) is 9.84 Å². The van der Waals surface area contributed by atoms with Crippen molar-refractivity contribution in [2.45, 2.75) is 91.6 Å². The van der Waals surface area contributed by atoms with Gasteiger partial charge in [0.05, 0.1) is 13.3 Å². The SMILES string of the molecule is CC(CCO)CC(C)(C)COCN1C(C)(C)CCCC1(C)C. The summed E-state index contributed by atoms with van der Waals surface area (Å²) < 4.78 is 6.15. The van der Waals surface area contributed by atoms with Crippen LogP contribution in [0.5, 0.6) is 0 Å². The second kappa shape index (κ2) is 7.63. The predicted octanol–water partition coefficient (Wildman–Crippen LogP) is 4.44. The van der Waals surface area contributed by atoms with Crippen LogP contribution in [0, 0.1) is 11.3 Å². The molecule has 1 aliphatic heterocycles. The minimum Gasteiger partial charge on any atom is -0.396 e. The van der Waals surface area contributed by atoms with Crippen LogP contribution in [-0.4, -0.2) is 41.0 Å². The minimum absolute atomic E-state index is 0.165. The third-order valence-corrected chi connectivity index (χ3v) is 5.27. The smallest absolute Gasteiger partial charge is 0.0999 e. The Bertz CT molecular complexity index is 320. The number of hydrogen-bond acceptors (Lipinski definition) is 3. The number of aliphatic hydroxyl groups excluding tert-OH is 1. The molecule has 0 aromatic carbocycles. The lowest BCUT2D eigenvalue weighted by Gasteiger charge is -2.52. The highest BCUT2D eigenvalue weighted by molar-refractivity contribution is 4.95. The molecule has 1 saturated heterocycles. The topological polar surface area (TPSA) is 32.7 Å². The van der Waals surface area contributed by atoms with Crippen molar-refractivity contribution in [3.63, 3.8) is 0 Å². The monoisotopic (exact) mass is 313 g/mol. The van der Waals surface area contributed by atoms with Crippen LogP contribution in [0.3, 0.4) is 0 Å². The van der Waals surface area contributed by atoms with Gasteiger partial charge in [0, 0.05) is 17.7 Å². The van der Waals surface area contributed by atoms with Crippen molar-refractivity contribution in [2.75, 3.05) is 19.9 Å². The lowest BCUT2D eigenvalue weighted by atomic mass is 9.80. The van der Waals surface area contributed by atoms with Gasteiger partial charge in [0.25, 0.3) is 0 Å². The number of aliphatic hydroxyl groups is 1. The molecule has 1 heterocycles. The Morgan fingerprint density at radius 3 is 2.18 bits per heavy atom. The second-order valence-electron chi connectivity index (χ2n) is 9.37. The van der Waals surface area contributed by atoms with E-state index < -0.39 is 0 Å². The molecule has 0 radical (unpaired) electrons. The van der Waals surface area contributed by atoms with Crippen LogP contribution in [0.15, 0.2) is 0 Å². The van der Waals surface area contributed by atoms with Crippen molar-refractivity contribution >= 4 is 0 Å². The summed E-state index contributed by atoms with van der Waals surface area (Å²) in [5.41, 5.74) is 0.602. The Hall–Kier alpha value is -0.120. The maximum atomic E-state index is 9.06. The van der Waals surface area contributed by atoms with Gasteiger partial charge in [0.15, 0.2) is 0 Å². The summed E-state index contributed by atoms with van der Waals surface area (Å²) in [6, 6.07) is 0. The lowest BCUT2D eigenvalue weighted by Crippen LogP contribution is -2.59. The van der Waals surface area contributed by atoms with E-state index in [9.17, 15) is 0 Å². The lowest BCUT2D eigenvalue weighted by molar-refractivity contribution is -0.118. The Labute approximate surface area is 138 Å². The average molecular weight is 314 g/mol. The molecule has 3 heteroatoms. The Kier molecular flexibility index (Phi) is 6.91. The van der Waals surface area contributed by atoms with Gasteiger partial charge < -0.3 is 9.84 Å². The van der Waals surface area contributed by atoms with Crippen molar-refractivity contribution in [3.8, 4) is 0 Å². The van der Waals surface area contributed by atoms with Gasteiger partial charge in [-0.1, -0.05) is 20.8 Å². The summed E-state index contributed by atoms with van der Waals surface area (Å²) in [4.78, 5) is 2.54. The maximum Gasteiger partial charge on any atom is 0.0999 e. The molecule has 0 aromatic rings. The molecule has 1 N–H and O–H groups in total. The zero-order valence-electron chi connectivity index (χ0n) is 16.0. The Morgan fingerprint density at radius 1 is 1.14 bits per heavy atom. The molecule has 1 unspecified atom stereocenters. The molecular weight excluding hydrogens is 274 g/mol. The fourth-order valence-electron chi connectivity index (χ4n) is 4.13. The standard InChI is InChI=1S/C19H39NO2/c1-16(9-12-21)13-17(2,3)14-22-15-20-18(4,5)10-8-11-19(20,6)7/h16,21H,8-15H2,1-7H3. The first-order valence-corrected chi connectivity index (χ1v) is 8.97. The van der Waals surface area contributed by atoms with Crippen molar-refractivity contribution in [1.29, 1.82) is 0 Å².